The Morgan fingerprint density at radius 1 is 1.05 bits per heavy atom. The van der Waals surface area contributed by atoms with Crippen molar-refractivity contribution in [2.45, 2.75) is 92.9 Å². The van der Waals surface area contributed by atoms with Gasteiger partial charge < -0.3 is 0 Å². The van der Waals surface area contributed by atoms with Gasteiger partial charge in [-0.1, -0.05) is 79.7 Å². The third-order valence-corrected chi connectivity index (χ3v) is 4.53. The minimum atomic E-state index is 0.448. The van der Waals surface area contributed by atoms with Crippen LogP contribution in [0.15, 0.2) is 12.7 Å². The molecule has 1 atom stereocenters. The standard InChI is InChI=1S/C19H38/c1-8-14-19(7,9-2)16-18(5,6)15-12-10-11-13-17(3)4/h8,17H,1,9-16H2,2-7H3. The van der Waals surface area contributed by atoms with E-state index >= 15 is 0 Å². The van der Waals surface area contributed by atoms with E-state index in [2.05, 4.69) is 54.2 Å². The molecule has 0 nitrogen and oxygen atoms in total. The molecule has 1 unspecified atom stereocenters. The Hall–Kier alpha value is -0.260. The van der Waals surface area contributed by atoms with Gasteiger partial charge in [-0.2, -0.15) is 0 Å². The summed E-state index contributed by atoms with van der Waals surface area (Å²) in [6, 6.07) is 0. The van der Waals surface area contributed by atoms with Gasteiger partial charge in [-0.15, -0.1) is 6.58 Å². The van der Waals surface area contributed by atoms with Crippen molar-refractivity contribution in [3.8, 4) is 0 Å². The molecule has 0 amide bonds. The Balaban J connectivity index is 4.05. The van der Waals surface area contributed by atoms with E-state index in [0.29, 0.717) is 10.8 Å². The van der Waals surface area contributed by atoms with Crippen LogP contribution in [-0.4, -0.2) is 0 Å². The Morgan fingerprint density at radius 3 is 2.16 bits per heavy atom. The average molecular weight is 267 g/mol. The van der Waals surface area contributed by atoms with Crippen molar-refractivity contribution in [1.82, 2.24) is 0 Å². The maximum absolute atomic E-state index is 3.93. The molecule has 0 heteroatoms. The Morgan fingerprint density at radius 2 is 1.68 bits per heavy atom. The zero-order valence-corrected chi connectivity index (χ0v) is 14.5. The van der Waals surface area contributed by atoms with Crippen LogP contribution in [0.5, 0.6) is 0 Å². The highest BCUT2D eigenvalue weighted by Crippen LogP contribution is 2.42. The minimum Gasteiger partial charge on any atom is -0.103 e. The van der Waals surface area contributed by atoms with Gasteiger partial charge in [-0.05, 0) is 36.0 Å². The first kappa shape index (κ1) is 18.7. The van der Waals surface area contributed by atoms with Crippen LogP contribution in [0.4, 0.5) is 0 Å². The highest BCUT2D eigenvalue weighted by molar-refractivity contribution is 4.87. The SMILES string of the molecule is C=CCC(C)(CC)CC(C)(C)CCCCCC(C)C. The van der Waals surface area contributed by atoms with Gasteiger partial charge in [-0.3, -0.25) is 0 Å². The molecule has 0 radical (unpaired) electrons. The maximum Gasteiger partial charge on any atom is -0.0289 e. The second-order valence-electron chi connectivity index (χ2n) is 7.99. The van der Waals surface area contributed by atoms with E-state index < -0.39 is 0 Å². The maximum atomic E-state index is 3.93. The van der Waals surface area contributed by atoms with Crippen molar-refractivity contribution in [1.29, 1.82) is 0 Å². The van der Waals surface area contributed by atoms with Crippen LogP contribution in [0, 0.1) is 16.7 Å². The molecule has 0 aliphatic heterocycles. The molecular weight excluding hydrogens is 228 g/mol. The van der Waals surface area contributed by atoms with E-state index in [-0.39, 0.29) is 0 Å². The summed E-state index contributed by atoms with van der Waals surface area (Å²) in [6.45, 7) is 18.2. The molecule has 0 aromatic carbocycles. The minimum absolute atomic E-state index is 0.448. The molecule has 0 bridgehead atoms. The molecule has 19 heavy (non-hydrogen) atoms. The van der Waals surface area contributed by atoms with Gasteiger partial charge in [0.2, 0.25) is 0 Å². The first-order valence-electron chi connectivity index (χ1n) is 8.35. The van der Waals surface area contributed by atoms with Gasteiger partial charge in [0.1, 0.15) is 0 Å². The van der Waals surface area contributed by atoms with Gasteiger partial charge in [0.05, 0.1) is 0 Å². The molecule has 0 saturated heterocycles. The van der Waals surface area contributed by atoms with Gasteiger partial charge in [0.25, 0.3) is 0 Å². The van der Waals surface area contributed by atoms with Crippen LogP contribution in [-0.2, 0) is 0 Å². The summed E-state index contributed by atoms with van der Waals surface area (Å²) in [7, 11) is 0. The van der Waals surface area contributed by atoms with Gasteiger partial charge in [0, 0.05) is 0 Å². The van der Waals surface area contributed by atoms with Crippen LogP contribution < -0.4 is 0 Å². The van der Waals surface area contributed by atoms with E-state index in [1.165, 1.54) is 44.9 Å². The van der Waals surface area contributed by atoms with E-state index in [9.17, 15) is 0 Å². The predicted octanol–water partition coefficient (Wildman–Crippen LogP) is 7.00. The molecule has 0 saturated carbocycles. The monoisotopic (exact) mass is 266 g/mol. The zero-order valence-electron chi connectivity index (χ0n) is 14.5. The highest BCUT2D eigenvalue weighted by Gasteiger charge is 2.29. The second kappa shape index (κ2) is 8.82. The molecule has 114 valence electrons. The molecule has 0 N–H and O–H groups in total. The third-order valence-electron chi connectivity index (χ3n) is 4.53. The molecule has 0 rings (SSSR count). The van der Waals surface area contributed by atoms with E-state index in [1.807, 2.05) is 0 Å². The van der Waals surface area contributed by atoms with Gasteiger partial charge in [-0.25, -0.2) is 0 Å². The number of rotatable bonds is 11. The quantitative estimate of drug-likeness (QED) is 0.279. The molecule has 0 spiro atoms. The molecular formula is C19H38. The number of allylic oxidation sites excluding steroid dienone is 1. The van der Waals surface area contributed by atoms with Crippen LogP contribution in [0.2, 0.25) is 0 Å². The van der Waals surface area contributed by atoms with E-state index in [4.69, 9.17) is 0 Å². The molecule has 0 fully saturated rings. The summed E-state index contributed by atoms with van der Waals surface area (Å²) < 4.78 is 0. The first-order chi connectivity index (χ1) is 8.74. The zero-order chi connectivity index (χ0) is 14.9. The van der Waals surface area contributed by atoms with Crippen molar-refractivity contribution in [2.24, 2.45) is 16.7 Å². The summed E-state index contributed by atoms with van der Waals surface area (Å²) in [5.74, 6) is 0.865. The van der Waals surface area contributed by atoms with Crippen molar-refractivity contribution in [3.05, 3.63) is 12.7 Å². The van der Waals surface area contributed by atoms with Crippen molar-refractivity contribution in [2.75, 3.05) is 0 Å². The lowest BCUT2D eigenvalue weighted by Gasteiger charge is -2.36. The number of hydrogen-bond acceptors (Lipinski definition) is 0. The van der Waals surface area contributed by atoms with E-state index in [1.54, 1.807) is 0 Å². The molecule has 0 aliphatic rings. The first-order valence-corrected chi connectivity index (χ1v) is 8.35. The summed E-state index contributed by atoms with van der Waals surface area (Å²) in [4.78, 5) is 0. The van der Waals surface area contributed by atoms with Crippen LogP contribution in [0.3, 0.4) is 0 Å². The second-order valence-corrected chi connectivity index (χ2v) is 7.99. The lowest BCUT2D eigenvalue weighted by molar-refractivity contribution is 0.157. The van der Waals surface area contributed by atoms with Crippen LogP contribution in [0.25, 0.3) is 0 Å². The van der Waals surface area contributed by atoms with E-state index in [0.717, 1.165) is 12.3 Å². The van der Waals surface area contributed by atoms with Gasteiger partial charge in [0.15, 0.2) is 0 Å². The largest absolute Gasteiger partial charge is 0.103 e. The Kier molecular flexibility index (Phi) is 8.70. The highest BCUT2D eigenvalue weighted by atomic mass is 14.3. The van der Waals surface area contributed by atoms with Crippen molar-refractivity contribution < 1.29 is 0 Å². The van der Waals surface area contributed by atoms with Gasteiger partial charge >= 0.3 is 0 Å². The molecule has 0 heterocycles. The lowest BCUT2D eigenvalue weighted by atomic mass is 9.69. The Labute approximate surface area is 123 Å². The smallest absolute Gasteiger partial charge is 0.0289 e. The third kappa shape index (κ3) is 9.30. The summed E-state index contributed by atoms with van der Waals surface area (Å²) in [6.07, 6.45) is 12.8. The number of hydrogen-bond donors (Lipinski definition) is 0. The predicted molar refractivity (Wildman–Crippen MR) is 89.5 cm³/mol. The molecule has 0 aliphatic carbocycles. The Bertz CT molecular complexity index is 236. The fourth-order valence-corrected chi connectivity index (χ4v) is 3.27. The summed E-state index contributed by atoms with van der Waals surface area (Å²) in [5, 5.41) is 0. The summed E-state index contributed by atoms with van der Waals surface area (Å²) in [5.41, 5.74) is 0.925. The molecule has 0 aromatic rings. The molecule has 0 aromatic heterocycles. The lowest BCUT2D eigenvalue weighted by Crippen LogP contribution is -2.25. The van der Waals surface area contributed by atoms with Crippen molar-refractivity contribution >= 4 is 0 Å². The fraction of sp³-hybridized carbons (Fsp3) is 0.895. The van der Waals surface area contributed by atoms with Crippen molar-refractivity contribution in [3.63, 3.8) is 0 Å². The number of unbranched alkanes of at least 4 members (excludes halogenated alkanes) is 2. The van der Waals surface area contributed by atoms with Crippen LogP contribution >= 0.6 is 0 Å². The summed E-state index contributed by atoms with van der Waals surface area (Å²) >= 11 is 0. The topological polar surface area (TPSA) is 0 Å². The van der Waals surface area contributed by atoms with Crippen LogP contribution in [0.1, 0.15) is 92.9 Å². The normalized spacial score (nSPS) is 15.5. The average Bonchev–Trinajstić information content (AvgIpc) is 2.27. The fourth-order valence-electron chi connectivity index (χ4n) is 3.27.